The Labute approximate surface area is 178 Å². The Morgan fingerprint density at radius 3 is 2.30 bits per heavy atom. The number of amides is 1. The molecule has 0 unspecified atom stereocenters. The number of methoxy groups -OCH3 is 1. The molecule has 2 aliphatic carbocycles. The number of carbonyl (C=O) groups is 3. The Morgan fingerprint density at radius 2 is 1.70 bits per heavy atom. The molecule has 1 amide bonds. The number of fused-ring (bicyclic) bond motifs is 2. The minimum absolute atomic E-state index is 0.0877. The van der Waals surface area contributed by atoms with Crippen molar-refractivity contribution in [2.45, 2.75) is 20.3 Å². The summed E-state index contributed by atoms with van der Waals surface area (Å²) < 4.78 is 5.00. The molecular formula is C23H23NO5S. The maximum Gasteiger partial charge on any atom is 0.341 e. The van der Waals surface area contributed by atoms with Gasteiger partial charge < -0.3 is 15.2 Å². The lowest BCUT2D eigenvalue weighted by atomic mass is 9.82. The van der Waals surface area contributed by atoms with Gasteiger partial charge in [0.1, 0.15) is 10.6 Å². The molecule has 156 valence electrons. The smallest absolute Gasteiger partial charge is 0.341 e. The summed E-state index contributed by atoms with van der Waals surface area (Å²) in [6, 6.07) is 7.79. The first-order valence-corrected chi connectivity index (χ1v) is 10.6. The van der Waals surface area contributed by atoms with Crippen LogP contribution in [0.15, 0.2) is 36.4 Å². The van der Waals surface area contributed by atoms with Crippen molar-refractivity contribution in [3.8, 4) is 11.1 Å². The standard InChI is InChI=1S/C23H23NO5S/c1-11-4-6-13(7-5-11)16-12(2)30-21(19(16)23(28)29-3)24-20(25)17-14-8-9-15(10-14)18(17)22(26)27/h4-9,14-15,17-18H,10H2,1-3H3,(H,24,25)(H,26,27)/t14-,15-,17+,18+/m0/s1. The van der Waals surface area contributed by atoms with Crippen LogP contribution in [0.3, 0.4) is 0 Å². The van der Waals surface area contributed by atoms with Crippen LogP contribution in [0.2, 0.25) is 0 Å². The number of benzene rings is 1. The quantitative estimate of drug-likeness (QED) is 0.551. The highest BCUT2D eigenvalue weighted by molar-refractivity contribution is 7.17. The fourth-order valence-corrected chi connectivity index (χ4v) is 5.78. The molecular weight excluding hydrogens is 402 g/mol. The van der Waals surface area contributed by atoms with Crippen LogP contribution in [0.5, 0.6) is 0 Å². The molecule has 30 heavy (non-hydrogen) atoms. The van der Waals surface area contributed by atoms with Crippen LogP contribution in [-0.4, -0.2) is 30.1 Å². The van der Waals surface area contributed by atoms with E-state index in [9.17, 15) is 19.5 Å². The summed E-state index contributed by atoms with van der Waals surface area (Å²) in [4.78, 5) is 38.4. The number of nitrogens with one attached hydrogen (secondary N) is 1. The lowest BCUT2D eigenvalue weighted by Gasteiger charge is -2.23. The normalized spacial score (nSPS) is 24.1. The number of hydrogen-bond donors (Lipinski definition) is 2. The predicted molar refractivity (Wildman–Crippen MR) is 115 cm³/mol. The van der Waals surface area contributed by atoms with Gasteiger partial charge in [-0.1, -0.05) is 42.0 Å². The van der Waals surface area contributed by atoms with Gasteiger partial charge in [-0.05, 0) is 37.7 Å². The van der Waals surface area contributed by atoms with E-state index in [0.29, 0.717) is 17.0 Å². The predicted octanol–water partition coefficient (Wildman–Crippen LogP) is 4.28. The summed E-state index contributed by atoms with van der Waals surface area (Å²) in [6.45, 7) is 3.88. The third kappa shape index (κ3) is 3.33. The average Bonchev–Trinajstić information content (AvgIpc) is 3.41. The Kier molecular flexibility index (Phi) is 5.24. The van der Waals surface area contributed by atoms with Crippen molar-refractivity contribution in [3.63, 3.8) is 0 Å². The second kappa shape index (κ2) is 7.72. The first-order valence-electron chi connectivity index (χ1n) is 9.82. The fourth-order valence-electron chi connectivity index (χ4n) is 4.71. The molecule has 0 saturated heterocycles. The number of carboxylic acids is 1. The second-order valence-electron chi connectivity index (χ2n) is 7.92. The lowest BCUT2D eigenvalue weighted by Crippen LogP contribution is -2.36. The van der Waals surface area contributed by atoms with Crippen LogP contribution in [0.1, 0.15) is 27.2 Å². The minimum atomic E-state index is -0.956. The number of carbonyl (C=O) groups excluding carboxylic acids is 2. The van der Waals surface area contributed by atoms with Crippen molar-refractivity contribution in [3.05, 3.63) is 52.4 Å². The molecule has 1 heterocycles. The van der Waals surface area contributed by atoms with Gasteiger partial charge in [0.15, 0.2) is 0 Å². The molecule has 0 spiro atoms. The molecule has 7 heteroatoms. The number of esters is 1. The SMILES string of the molecule is COC(=O)c1c(NC(=O)[C@H]2[C@H](C(=O)O)[C@H]3C=C[C@H]2C3)sc(C)c1-c1ccc(C)cc1. The van der Waals surface area contributed by atoms with E-state index in [4.69, 9.17) is 4.74 Å². The van der Waals surface area contributed by atoms with Gasteiger partial charge >= 0.3 is 11.9 Å². The molecule has 2 aromatic rings. The highest BCUT2D eigenvalue weighted by Gasteiger charge is 2.51. The van der Waals surface area contributed by atoms with Gasteiger partial charge in [-0.15, -0.1) is 11.3 Å². The summed E-state index contributed by atoms with van der Waals surface area (Å²) in [5, 5.41) is 12.9. The summed E-state index contributed by atoms with van der Waals surface area (Å²) in [7, 11) is 1.31. The largest absolute Gasteiger partial charge is 0.481 e. The molecule has 0 radical (unpaired) electrons. The number of rotatable bonds is 5. The summed E-state index contributed by atoms with van der Waals surface area (Å²) in [5.41, 5.74) is 3.00. The van der Waals surface area contributed by atoms with Gasteiger partial charge in [0.25, 0.3) is 0 Å². The Morgan fingerprint density at radius 1 is 1.07 bits per heavy atom. The molecule has 1 fully saturated rings. The molecule has 4 rings (SSSR count). The van der Waals surface area contributed by atoms with Crippen LogP contribution in [0, 0.1) is 37.5 Å². The first kappa shape index (κ1) is 20.3. The molecule has 1 aromatic heterocycles. The maximum absolute atomic E-state index is 13.1. The molecule has 2 aliphatic rings. The molecule has 2 N–H and O–H groups in total. The summed E-state index contributed by atoms with van der Waals surface area (Å²) >= 11 is 1.30. The van der Waals surface area contributed by atoms with Gasteiger partial charge in [0.05, 0.1) is 18.9 Å². The van der Waals surface area contributed by atoms with E-state index in [-0.39, 0.29) is 17.7 Å². The second-order valence-corrected chi connectivity index (χ2v) is 9.15. The number of anilines is 1. The number of thiophene rings is 1. The van der Waals surface area contributed by atoms with E-state index in [1.807, 2.05) is 50.3 Å². The van der Waals surface area contributed by atoms with Crippen molar-refractivity contribution >= 4 is 34.2 Å². The van der Waals surface area contributed by atoms with Gasteiger partial charge in [-0.3, -0.25) is 9.59 Å². The maximum atomic E-state index is 13.1. The van der Waals surface area contributed by atoms with Crippen LogP contribution in [-0.2, 0) is 14.3 Å². The zero-order chi connectivity index (χ0) is 21.6. The van der Waals surface area contributed by atoms with E-state index in [1.165, 1.54) is 18.4 Å². The number of hydrogen-bond acceptors (Lipinski definition) is 5. The van der Waals surface area contributed by atoms with Crippen molar-refractivity contribution in [2.75, 3.05) is 12.4 Å². The molecule has 1 aromatic carbocycles. The summed E-state index contributed by atoms with van der Waals surface area (Å²) in [5.74, 6) is -3.43. The number of allylic oxidation sites excluding steroid dienone is 2. The summed E-state index contributed by atoms with van der Waals surface area (Å²) in [6.07, 6.45) is 4.52. The zero-order valence-corrected chi connectivity index (χ0v) is 17.8. The van der Waals surface area contributed by atoms with Crippen LogP contribution in [0.25, 0.3) is 11.1 Å². The molecule has 0 aliphatic heterocycles. The van der Waals surface area contributed by atoms with Crippen LogP contribution in [0.4, 0.5) is 5.00 Å². The van der Waals surface area contributed by atoms with Crippen LogP contribution < -0.4 is 5.32 Å². The minimum Gasteiger partial charge on any atom is -0.481 e. The van der Waals surface area contributed by atoms with Crippen molar-refractivity contribution in [1.29, 1.82) is 0 Å². The topological polar surface area (TPSA) is 92.7 Å². The Bertz CT molecular complexity index is 1050. The molecule has 6 nitrogen and oxygen atoms in total. The van der Waals surface area contributed by atoms with Crippen LogP contribution >= 0.6 is 11.3 Å². The van der Waals surface area contributed by atoms with E-state index >= 15 is 0 Å². The Balaban J connectivity index is 1.71. The highest BCUT2D eigenvalue weighted by Crippen LogP contribution is 2.49. The van der Waals surface area contributed by atoms with E-state index in [2.05, 4.69) is 5.32 Å². The van der Waals surface area contributed by atoms with E-state index in [0.717, 1.165) is 21.6 Å². The first-order chi connectivity index (χ1) is 14.3. The zero-order valence-electron chi connectivity index (χ0n) is 17.0. The van der Waals surface area contributed by atoms with Gasteiger partial charge in [-0.25, -0.2) is 4.79 Å². The molecule has 4 atom stereocenters. The number of carboxylic acid groups (broad SMARTS) is 1. The monoisotopic (exact) mass is 425 g/mol. The van der Waals surface area contributed by atoms with E-state index in [1.54, 1.807) is 0 Å². The highest BCUT2D eigenvalue weighted by atomic mass is 32.1. The lowest BCUT2D eigenvalue weighted by molar-refractivity contribution is -0.146. The van der Waals surface area contributed by atoms with Gasteiger partial charge in [-0.2, -0.15) is 0 Å². The van der Waals surface area contributed by atoms with Gasteiger partial charge in [0, 0.05) is 10.4 Å². The van der Waals surface area contributed by atoms with Crippen molar-refractivity contribution in [1.82, 2.24) is 0 Å². The Hall–Kier alpha value is -2.93. The van der Waals surface area contributed by atoms with Gasteiger partial charge in [0.2, 0.25) is 5.91 Å². The third-order valence-electron chi connectivity index (χ3n) is 6.10. The average molecular weight is 426 g/mol. The number of aryl methyl sites for hydroxylation is 2. The van der Waals surface area contributed by atoms with Crippen molar-refractivity contribution < 1.29 is 24.2 Å². The van der Waals surface area contributed by atoms with E-state index < -0.39 is 23.8 Å². The van der Waals surface area contributed by atoms with Crippen molar-refractivity contribution in [2.24, 2.45) is 23.7 Å². The number of ether oxygens (including phenoxy) is 1. The molecule has 2 bridgehead atoms. The third-order valence-corrected chi connectivity index (χ3v) is 7.12. The molecule has 1 saturated carbocycles. The fraction of sp³-hybridized carbons (Fsp3) is 0.348. The number of aliphatic carboxylic acids is 1.